The first-order valence-electron chi connectivity index (χ1n) is 7.89. The van der Waals surface area contributed by atoms with Gasteiger partial charge < -0.3 is 16.8 Å². The van der Waals surface area contributed by atoms with Gasteiger partial charge in [-0.1, -0.05) is 30.9 Å². The number of hydrogen-bond donors (Lipinski definition) is 3. The van der Waals surface area contributed by atoms with E-state index in [4.69, 9.17) is 11.5 Å². The van der Waals surface area contributed by atoms with E-state index in [0.717, 1.165) is 24.9 Å². The predicted octanol–water partition coefficient (Wildman–Crippen LogP) is 3.30. The molecule has 1 aliphatic rings. The summed E-state index contributed by atoms with van der Waals surface area (Å²) in [5, 5.41) is 3.77. The first kappa shape index (κ1) is 16.4. The summed E-state index contributed by atoms with van der Waals surface area (Å²) in [6.45, 7) is 6.09. The van der Waals surface area contributed by atoms with Crippen molar-refractivity contribution in [2.45, 2.75) is 44.2 Å². The zero-order chi connectivity index (χ0) is 16.0. The summed E-state index contributed by atoms with van der Waals surface area (Å²) < 4.78 is 0. The summed E-state index contributed by atoms with van der Waals surface area (Å²) in [7, 11) is 0. The molecule has 1 fully saturated rings. The molecule has 0 aromatic heterocycles. The summed E-state index contributed by atoms with van der Waals surface area (Å²) in [5.41, 5.74) is 14.8. The van der Waals surface area contributed by atoms with Crippen molar-refractivity contribution in [3.05, 3.63) is 66.4 Å². The predicted molar refractivity (Wildman–Crippen MR) is 95.3 cm³/mol. The average molecular weight is 297 g/mol. The number of hydrogen-bond acceptors (Lipinski definition) is 3. The van der Waals surface area contributed by atoms with Crippen LogP contribution in [0.1, 0.15) is 31.7 Å². The Morgan fingerprint density at radius 1 is 1.41 bits per heavy atom. The van der Waals surface area contributed by atoms with E-state index in [9.17, 15) is 0 Å². The standard InChI is InChI=1S/C19H27N3/c1-3-4-16(11-14-20)18-10-13-19(2,22-18)12-9-15-5-7-17(21)8-6-15/h3-8,11,14,18,22H,1,9-10,12-13,20-21H2,2H3/b14-11-,16-4+. The molecule has 3 nitrogen and oxygen atoms in total. The SMILES string of the molecule is C=C/C=C(\C=C/N)C1CCC(C)(CCc2ccc(N)cc2)N1. The van der Waals surface area contributed by atoms with Crippen LogP contribution in [-0.4, -0.2) is 11.6 Å². The van der Waals surface area contributed by atoms with Gasteiger partial charge in [-0.25, -0.2) is 0 Å². The van der Waals surface area contributed by atoms with Crippen LogP contribution < -0.4 is 16.8 Å². The maximum Gasteiger partial charge on any atom is 0.0326 e. The number of benzene rings is 1. The lowest BCUT2D eigenvalue weighted by molar-refractivity contribution is 0.373. The quantitative estimate of drug-likeness (QED) is 0.557. The number of nitrogen functional groups attached to an aromatic ring is 1. The Bertz CT molecular complexity index is 557. The van der Waals surface area contributed by atoms with Gasteiger partial charge in [0.05, 0.1) is 0 Å². The van der Waals surface area contributed by atoms with Gasteiger partial charge in [-0.15, -0.1) is 0 Å². The third kappa shape index (κ3) is 4.25. The molecule has 3 heteroatoms. The minimum Gasteiger partial charge on any atom is -0.405 e. The fraction of sp³-hybridized carbons (Fsp3) is 0.368. The van der Waals surface area contributed by atoms with Crippen LogP contribution in [0.5, 0.6) is 0 Å². The van der Waals surface area contributed by atoms with Crippen LogP contribution in [0.15, 0.2) is 60.8 Å². The maximum atomic E-state index is 5.74. The highest BCUT2D eigenvalue weighted by Crippen LogP contribution is 2.31. The van der Waals surface area contributed by atoms with Crippen molar-refractivity contribution in [3.8, 4) is 0 Å². The summed E-state index contributed by atoms with van der Waals surface area (Å²) >= 11 is 0. The highest BCUT2D eigenvalue weighted by atomic mass is 15.0. The van der Waals surface area contributed by atoms with Crippen LogP contribution in [0.25, 0.3) is 0 Å². The second-order valence-electron chi connectivity index (χ2n) is 6.30. The van der Waals surface area contributed by atoms with E-state index >= 15 is 0 Å². The molecule has 0 radical (unpaired) electrons. The van der Waals surface area contributed by atoms with Gasteiger partial charge in [-0.05, 0) is 68.2 Å². The number of nitrogens with two attached hydrogens (primary N) is 2. The summed E-state index contributed by atoms with van der Waals surface area (Å²) in [6.07, 6.45) is 11.9. The molecule has 118 valence electrons. The zero-order valence-electron chi connectivity index (χ0n) is 13.4. The monoisotopic (exact) mass is 297 g/mol. The summed E-state index contributed by atoms with van der Waals surface area (Å²) in [4.78, 5) is 0. The molecule has 0 saturated carbocycles. The molecule has 22 heavy (non-hydrogen) atoms. The second kappa shape index (κ2) is 7.32. The van der Waals surface area contributed by atoms with Crippen molar-refractivity contribution in [2.75, 3.05) is 5.73 Å². The highest BCUT2D eigenvalue weighted by molar-refractivity contribution is 5.39. The Morgan fingerprint density at radius 3 is 2.77 bits per heavy atom. The van der Waals surface area contributed by atoms with Crippen molar-refractivity contribution < 1.29 is 0 Å². The second-order valence-corrected chi connectivity index (χ2v) is 6.30. The zero-order valence-corrected chi connectivity index (χ0v) is 13.4. The van der Waals surface area contributed by atoms with Crippen LogP contribution >= 0.6 is 0 Å². The van der Waals surface area contributed by atoms with E-state index in [1.807, 2.05) is 30.4 Å². The van der Waals surface area contributed by atoms with E-state index < -0.39 is 0 Å². The van der Waals surface area contributed by atoms with E-state index in [1.165, 1.54) is 17.6 Å². The molecule has 2 rings (SSSR count). The van der Waals surface area contributed by atoms with Gasteiger partial charge in [0.2, 0.25) is 0 Å². The molecule has 1 aromatic rings. The smallest absolute Gasteiger partial charge is 0.0326 e. The Kier molecular flexibility index (Phi) is 5.45. The van der Waals surface area contributed by atoms with Crippen LogP contribution in [0.3, 0.4) is 0 Å². The van der Waals surface area contributed by atoms with Crippen molar-refractivity contribution >= 4 is 5.69 Å². The first-order valence-corrected chi connectivity index (χ1v) is 7.89. The molecule has 2 atom stereocenters. The van der Waals surface area contributed by atoms with Crippen LogP contribution in [-0.2, 0) is 6.42 Å². The maximum absolute atomic E-state index is 5.74. The first-order chi connectivity index (χ1) is 10.6. The molecule has 0 amide bonds. The van der Waals surface area contributed by atoms with E-state index in [2.05, 4.69) is 31.0 Å². The molecule has 5 N–H and O–H groups in total. The van der Waals surface area contributed by atoms with Gasteiger partial charge in [0.25, 0.3) is 0 Å². The van der Waals surface area contributed by atoms with Gasteiger partial charge in [0, 0.05) is 17.3 Å². The Morgan fingerprint density at radius 2 is 2.14 bits per heavy atom. The largest absolute Gasteiger partial charge is 0.405 e. The molecular weight excluding hydrogens is 270 g/mol. The molecule has 0 aliphatic carbocycles. The molecular formula is C19H27N3. The topological polar surface area (TPSA) is 64.1 Å². The molecule has 0 bridgehead atoms. The Labute approximate surface area is 133 Å². The lowest BCUT2D eigenvalue weighted by atomic mass is 9.92. The Hall–Kier alpha value is -2.00. The van der Waals surface area contributed by atoms with Crippen LogP contribution in [0.2, 0.25) is 0 Å². The highest BCUT2D eigenvalue weighted by Gasteiger charge is 2.34. The Balaban J connectivity index is 1.96. The minimum absolute atomic E-state index is 0.161. The number of rotatable bonds is 6. The molecule has 1 saturated heterocycles. The van der Waals surface area contributed by atoms with E-state index in [0.29, 0.717) is 6.04 Å². The van der Waals surface area contributed by atoms with Gasteiger partial charge in [0.15, 0.2) is 0 Å². The van der Waals surface area contributed by atoms with Crippen molar-refractivity contribution in [1.29, 1.82) is 0 Å². The third-order valence-electron chi connectivity index (χ3n) is 4.45. The number of anilines is 1. The molecule has 1 heterocycles. The lowest BCUT2D eigenvalue weighted by Gasteiger charge is -2.26. The van der Waals surface area contributed by atoms with Crippen molar-refractivity contribution in [3.63, 3.8) is 0 Å². The fourth-order valence-corrected chi connectivity index (χ4v) is 3.11. The van der Waals surface area contributed by atoms with Gasteiger partial charge in [-0.3, -0.25) is 0 Å². The normalized spacial score (nSPS) is 25.7. The fourth-order valence-electron chi connectivity index (χ4n) is 3.11. The average Bonchev–Trinajstić information content (AvgIpc) is 2.89. The van der Waals surface area contributed by atoms with Crippen molar-refractivity contribution in [1.82, 2.24) is 5.32 Å². The van der Waals surface area contributed by atoms with Crippen molar-refractivity contribution in [2.24, 2.45) is 5.73 Å². The van der Waals surface area contributed by atoms with E-state index in [-0.39, 0.29) is 5.54 Å². The lowest BCUT2D eigenvalue weighted by Crippen LogP contribution is -2.41. The summed E-state index contributed by atoms with van der Waals surface area (Å²) in [6, 6.07) is 8.53. The molecule has 2 unspecified atom stereocenters. The van der Waals surface area contributed by atoms with Gasteiger partial charge >= 0.3 is 0 Å². The number of allylic oxidation sites excluding steroid dienone is 2. The third-order valence-corrected chi connectivity index (χ3v) is 4.45. The van der Waals surface area contributed by atoms with Gasteiger partial charge in [0.1, 0.15) is 0 Å². The minimum atomic E-state index is 0.161. The van der Waals surface area contributed by atoms with E-state index in [1.54, 1.807) is 6.20 Å². The number of nitrogens with one attached hydrogen (secondary N) is 1. The summed E-state index contributed by atoms with van der Waals surface area (Å²) in [5.74, 6) is 0. The molecule has 1 aliphatic heterocycles. The molecule has 0 spiro atoms. The van der Waals surface area contributed by atoms with Crippen LogP contribution in [0, 0.1) is 0 Å². The van der Waals surface area contributed by atoms with Gasteiger partial charge in [-0.2, -0.15) is 0 Å². The molecule has 1 aromatic carbocycles. The number of aryl methyl sites for hydroxylation is 1. The van der Waals surface area contributed by atoms with Crippen LogP contribution in [0.4, 0.5) is 5.69 Å².